The second kappa shape index (κ2) is 7.70. The summed E-state index contributed by atoms with van der Waals surface area (Å²) in [5, 5.41) is 19.2. The molecule has 5 rings (SSSR count). The predicted molar refractivity (Wildman–Crippen MR) is 112 cm³/mol. The van der Waals surface area contributed by atoms with E-state index in [2.05, 4.69) is 17.1 Å². The normalized spacial score (nSPS) is 45.4. The van der Waals surface area contributed by atoms with Crippen molar-refractivity contribution in [3.8, 4) is 0 Å². The van der Waals surface area contributed by atoms with Crippen molar-refractivity contribution in [1.29, 1.82) is 0 Å². The van der Waals surface area contributed by atoms with E-state index in [1.54, 1.807) is 24.3 Å². The van der Waals surface area contributed by atoms with Crippen LogP contribution < -0.4 is 0 Å². The van der Waals surface area contributed by atoms with E-state index in [9.17, 15) is 9.90 Å². The van der Waals surface area contributed by atoms with Gasteiger partial charge in [-0.3, -0.25) is 4.79 Å². The number of rotatable bonds is 5. The van der Waals surface area contributed by atoms with Crippen LogP contribution in [0.5, 0.6) is 0 Å². The molecule has 0 spiro atoms. The number of aromatic nitrogens is 3. The summed E-state index contributed by atoms with van der Waals surface area (Å²) in [6.07, 6.45) is 13.4. The van der Waals surface area contributed by atoms with Gasteiger partial charge in [0.2, 0.25) is 0 Å². The molecular formula is C24H37N3O3. The maximum atomic E-state index is 13.2. The molecule has 0 aromatic carbocycles. The summed E-state index contributed by atoms with van der Waals surface area (Å²) < 4.78 is 5.32. The van der Waals surface area contributed by atoms with Gasteiger partial charge >= 0.3 is 0 Å². The SMILES string of the molecule is COC[C@]1(O)CC[C@H]2[C@@H](CC[C@@H]3[C@@H]2CC[C@]2(C)[C@@H](C(=O)Cn4nccn4)CC[C@@H]32)C1. The van der Waals surface area contributed by atoms with Crippen LogP contribution in [0.25, 0.3) is 0 Å². The van der Waals surface area contributed by atoms with Crippen molar-refractivity contribution in [3.05, 3.63) is 12.4 Å². The number of ketones is 1. The van der Waals surface area contributed by atoms with Gasteiger partial charge in [0, 0.05) is 13.0 Å². The molecule has 1 N–H and O–H groups in total. The zero-order valence-electron chi connectivity index (χ0n) is 18.5. The van der Waals surface area contributed by atoms with Crippen molar-refractivity contribution >= 4 is 5.78 Å². The second-order valence-electron chi connectivity index (χ2n) is 11.0. The van der Waals surface area contributed by atoms with E-state index < -0.39 is 5.60 Å². The first-order valence-corrected chi connectivity index (χ1v) is 12.0. The lowest BCUT2D eigenvalue weighted by Crippen LogP contribution is -2.52. The highest BCUT2D eigenvalue weighted by Crippen LogP contribution is 2.64. The number of hydrogen-bond donors (Lipinski definition) is 1. The molecule has 1 aromatic heterocycles. The number of hydrogen-bond acceptors (Lipinski definition) is 5. The minimum Gasteiger partial charge on any atom is -0.387 e. The van der Waals surface area contributed by atoms with E-state index in [1.807, 2.05) is 0 Å². The van der Waals surface area contributed by atoms with E-state index in [0.717, 1.165) is 43.4 Å². The lowest BCUT2D eigenvalue weighted by molar-refractivity contribution is -0.137. The Bertz CT molecular complexity index is 768. The second-order valence-corrected chi connectivity index (χ2v) is 11.0. The third-order valence-electron chi connectivity index (χ3n) is 9.67. The van der Waals surface area contributed by atoms with Gasteiger partial charge in [-0.15, -0.1) is 0 Å². The number of aliphatic hydroxyl groups is 1. The molecule has 1 heterocycles. The smallest absolute Gasteiger partial charge is 0.159 e. The van der Waals surface area contributed by atoms with Crippen molar-refractivity contribution < 1.29 is 14.6 Å². The summed E-state index contributed by atoms with van der Waals surface area (Å²) in [5.74, 6) is 4.12. The van der Waals surface area contributed by atoms with Gasteiger partial charge < -0.3 is 9.84 Å². The van der Waals surface area contributed by atoms with Gasteiger partial charge in [-0.2, -0.15) is 15.0 Å². The Kier molecular flexibility index (Phi) is 5.29. The van der Waals surface area contributed by atoms with Crippen molar-refractivity contribution in [2.24, 2.45) is 40.9 Å². The molecule has 6 nitrogen and oxygen atoms in total. The van der Waals surface area contributed by atoms with Gasteiger partial charge in [0.15, 0.2) is 5.78 Å². The molecule has 4 aliphatic rings. The predicted octanol–water partition coefficient (Wildman–Crippen LogP) is 3.49. The molecule has 30 heavy (non-hydrogen) atoms. The van der Waals surface area contributed by atoms with E-state index in [4.69, 9.17) is 4.74 Å². The van der Waals surface area contributed by atoms with E-state index in [1.165, 1.54) is 32.1 Å². The van der Waals surface area contributed by atoms with Crippen LogP contribution in [0.4, 0.5) is 0 Å². The zero-order chi connectivity index (χ0) is 20.9. The fourth-order valence-electron chi connectivity index (χ4n) is 8.47. The Morgan fingerprint density at radius 1 is 1.07 bits per heavy atom. The summed E-state index contributed by atoms with van der Waals surface area (Å²) in [5.41, 5.74) is -0.471. The van der Waals surface area contributed by atoms with Crippen LogP contribution in [0.3, 0.4) is 0 Å². The summed E-state index contributed by atoms with van der Waals surface area (Å²) >= 11 is 0. The average molecular weight is 416 g/mol. The Labute approximate surface area is 179 Å². The molecule has 0 saturated heterocycles. The van der Waals surface area contributed by atoms with Crippen LogP contribution in [0, 0.1) is 40.9 Å². The molecule has 4 aliphatic carbocycles. The fourth-order valence-corrected chi connectivity index (χ4v) is 8.47. The molecule has 0 aliphatic heterocycles. The molecule has 0 amide bonds. The number of carbonyl (C=O) groups excluding carboxylic acids is 1. The molecule has 4 fully saturated rings. The summed E-state index contributed by atoms with van der Waals surface area (Å²) in [4.78, 5) is 14.7. The Hall–Kier alpha value is -1.27. The molecule has 8 atom stereocenters. The maximum Gasteiger partial charge on any atom is 0.159 e. The Morgan fingerprint density at radius 3 is 2.60 bits per heavy atom. The Morgan fingerprint density at radius 2 is 1.83 bits per heavy atom. The first-order valence-electron chi connectivity index (χ1n) is 12.0. The zero-order valence-corrected chi connectivity index (χ0v) is 18.5. The molecule has 0 unspecified atom stereocenters. The molecule has 4 saturated carbocycles. The third kappa shape index (κ3) is 3.35. The van der Waals surface area contributed by atoms with Gasteiger partial charge in [0.05, 0.1) is 24.6 Å². The van der Waals surface area contributed by atoms with Gasteiger partial charge in [-0.1, -0.05) is 6.92 Å². The topological polar surface area (TPSA) is 77.2 Å². The number of fused-ring (bicyclic) bond motifs is 5. The fraction of sp³-hybridized carbons (Fsp3) is 0.875. The number of nitrogens with zero attached hydrogens (tertiary/aromatic N) is 3. The van der Waals surface area contributed by atoms with Gasteiger partial charge in [-0.25, -0.2) is 0 Å². The van der Waals surface area contributed by atoms with E-state index in [0.29, 0.717) is 30.8 Å². The number of ether oxygens (including phenoxy) is 1. The van der Waals surface area contributed by atoms with Crippen LogP contribution >= 0.6 is 0 Å². The van der Waals surface area contributed by atoms with Crippen LogP contribution in [-0.2, 0) is 16.1 Å². The maximum absolute atomic E-state index is 13.2. The minimum absolute atomic E-state index is 0.143. The van der Waals surface area contributed by atoms with Crippen molar-refractivity contribution in [1.82, 2.24) is 15.0 Å². The van der Waals surface area contributed by atoms with Crippen LogP contribution in [0.2, 0.25) is 0 Å². The summed E-state index contributed by atoms with van der Waals surface area (Å²) in [6, 6.07) is 0. The highest BCUT2D eigenvalue weighted by molar-refractivity contribution is 5.81. The minimum atomic E-state index is -0.614. The lowest BCUT2D eigenvalue weighted by Gasteiger charge is -2.57. The lowest BCUT2D eigenvalue weighted by atomic mass is 9.49. The average Bonchev–Trinajstić information content (AvgIpc) is 3.34. The summed E-state index contributed by atoms with van der Waals surface area (Å²) in [7, 11) is 1.70. The quantitative estimate of drug-likeness (QED) is 0.796. The van der Waals surface area contributed by atoms with Gasteiger partial charge in [-0.05, 0) is 92.8 Å². The largest absolute Gasteiger partial charge is 0.387 e. The van der Waals surface area contributed by atoms with Crippen LogP contribution in [-0.4, -0.2) is 45.2 Å². The highest BCUT2D eigenvalue weighted by atomic mass is 16.5. The monoisotopic (exact) mass is 415 g/mol. The molecule has 166 valence electrons. The number of carbonyl (C=O) groups is 1. The molecule has 1 aromatic rings. The van der Waals surface area contributed by atoms with Crippen LogP contribution in [0.1, 0.15) is 64.7 Å². The van der Waals surface area contributed by atoms with Crippen molar-refractivity contribution in [2.45, 2.75) is 76.9 Å². The molecule has 0 radical (unpaired) electrons. The van der Waals surface area contributed by atoms with Gasteiger partial charge in [0.1, 0.15) is 6.54 Å². The highest BCUT2D eigenvalue weighted by Gasteiger charge is 2.59. The number of methoxy groups -OCH3 is 1. The standard InChI is InChI=1S/C24H37N3O3/c1-23-9-7-18-17-8-10-24(29,15-30-2)13-16(17)3-4-19(18)20(23)5-6-21(23)22(28)14-27-25-11-12-26-27/h11-12,16-21,29H,3-10,13-15H2,1-2H3/t16-,17-,18+,19+,20-,21+,23-,24-/m0/s1. The van der Waals surface area contributed by atoms with Crippen molar-refractivity contribution in [3.63, 3.8) is 0 Å². The van der Waals surface area contributed by atoms with Crippen molar-refractivity contribution in [2.75, 3.05) is 13.7 Å². The first kappa shape index (κ1) is 20.6. The van der Waals surface area contributed by atoms with E-state index >= 15 is 0 Å². The molecular weight excluding hydrogens is 378 g/mol. The molecule has 0 bridgehead atoms. The number of Topliss-reactive ketones (excluding diaryl/α,β-unsaturated/α-hetero) is 1. The molecule has 6 heteroatoms. The van der Waals surface area contributed by atoms with Crippen LogP contribution in [0.15, 0.2) is 12.4 Å². The van der Waals surface area contributed by atoms with Gasteiger partial charge in [0.25, 0.3) is 0 Å². The van der Waals surface area contributed by atoms with E-state index in [-0.39, 0.29) is 11.3 Å². The first-order chi connectivity index (χ1) is 14.4. The third-order valence-corrected chi connectivity index (χ3v) is 9.67. The Balaban J connectivity index is 1.29. The summed E-state index contributed by atoms with van der Waals surface area (Å²) in [6.45, 7) is 3.20.